The molecule has 1 aliphatic rings. The van der Waals surface area contributed by atoms with Gasteiger partial charge in [0, 0.05) is 37.3 Å². The molecule has 3 N–H and O–H groups in total. The zero-order chi connectivity index (χ0) is 19.9. The van der Waals surface area contributed by atoms with E-state index in [2.05, 4.69) is 63.1 Å². The monoisotopic (exact) mass is 373 g/mol. The van der Waals surface area contributed by atoms with E-state index >= 15 is 0 Å². The van der Waals surface area contributed by atoms with E-state index in [0.29, 0.717) is 18.0 Å². The van der Waals surface area contributed by atoms with E-state index in [-0.39, 0.29) is 18.0 Å². The number of guanidine groups is 1. The van der Waals surface area contributed by atoms with E-state index < -0.39 is 0 Å². The maximum absolute atomic E-state index is 12.0. The third-order valence-corrected chi connectivity index (χ3v) is 4.51. The van der Waals surface area contributed by atoms with E-state index in [1.165, 1.54) is 5.56 Å². The summed E-state index contributed by atoms with van der Waals surface area (Å²) in [6.45, 7) is 13.0. The number of hydrogen-bond acceptors (Lipinski definition) is 3. The second-order valence-electron chi connectivity index (χ2n) is 8.33. The van der Waals surface area contributed by atoms with Gasteiger partial charge in [-0.1, -0.05) is 30.3 Å². The highest BCUT2D eigenvalue weighted by atomic mass is 16.2. The topological polar surface area (TPSA) is 68.8 Å². The Morgan fingerprint density at radius 1 is 1.26 bits per heavy atom. The molecule has 1 aliphatic heterocycles. The minimum absolute atomic E-state index is 0.0646. The van der Waals surface area contributed by atoms with Gasteiger partial charge in [-0.05, 0) is 46.6 Å². The first kappa shape index (κ1) is 21.2. The highest BCUT2D eigenvalue weighted by Crippen LogP contribution is 2.20. The van der Waals surface area contributed by atoms with Gasteiger partial charge in [0.05, 0.1) is 0 Å². The molecule has 2 atom stereocenters. The Bertz CT molecular complexity index is 623. The number of carbonyl (C=O) groups is 1. The standard InChI is InChI=1S/C21H35N5O/c1-6-22-20(23-13-19(27)25-21(3,4)5)24-18-12-16(2)26(15-18)14-17-10-8-7-9-11-17/h7-11,16,18H,6,12-15H2,1-5H3,(H,25,27)(H2,22,23,24). The third kappa shape index (κ3) is 7.59. The van der Waals surface area contributed by atoms with Crippen LogP contribution < -0.4 is 16.0 Å². The number of carbonyl (C=O) groups excluding carboxylic acids is 1. The van der Waals surface area contributed by atoms with Gasteiger partial charge in [0.1, 0.15) is 6.54 Å². The number of benzene rings is 1. The average molecular weight is 374 g/mol. The highest BCUT2D eigenvalue weighted by Gasteiger charge is 2.29. The Morgan fingerprint density at radius 3 is 2.59 bits per heavy atom. The number of rotatable bonds is 6. The van der Waals surface area contributed by atoms with E-state index in [4.69, 9.17) is 0 Å². The minimum Gasteiger partial charge on any atom is -0.357 e. The molecule has 0 aromatic heterocycles. The summed E-state index contributed by atoms with van der Waals surface area (Å²) in [5.41, 5.74) is 1.10. The number of hydrogen-bond donors (Lipinski definition) is 3. The maximum atomic E-state index is 12.0. The molecular formula is C21H35N5O. The number of nitrogens with one attached hydrogen (secondary N) is 3. The Labute approximate surface area is 163 Å². The van der Waals surface area contributed by atoms with Crippen LogP contribution in [0.1, 0.15) is 46.6 Å². The lowest BCUT2D eigenvalue weighted by Gasteiger charge is -2.21. The van der Waals surface area contributed by atoms with Crippen LogP contribution in [0.2, 0.25) is 0 Å². The van der Waals surface area contributed by atoms with Crippen molar-refractivity contribution in [2.75, 3.05) is 19.6 Å². The van der Waals surface area contributed by atoms with E-state index in [1.807, 2.05) is 27.7 Å². The SMILES string of the molecule is CCNC(=NCC(=O)NC(C)(C)C)NC1CC(C)N(Cc2ccccc2)C1. The first-order chi connectivity index (χ1) is 12.8. The third-order valence-electron chi connectivity index (χ3n) is 4.51. The molecule has 6 heteroatoms. The molecular weight excluding hydrogens is 338 g/mol. The van der Waals surface area contributed by atoms with Crippen LogP contribution in [0, 0.1) is 0 Å². The van der Waals surface area contributed by atoms with Crippen LogP contribution in [0.4, 0.5) is 0 Å². The second-order valence-corrected chi connectivity index (χ2v) is 8.33. The van der Waals surface area contributed by atoms with Gasteiger partial charge in [-0.2, -0.15) is 0 Å². The predicted molar refractivity (Wildman–Crippen MR) is 112 cm³/mol. The van der Waals surface area contributed by atoms with Crippen molar-refractivity contribution in [3.8, 4) is 0 Å². The van der Waals surface area contributed by atoms with Gasteiger partial charge in [-0.25, -0.2) is 4.99 Å². The summed E-state index contributed by atoms with van der Waals surface area (Å²) in [6, 6.07) is 11.4. The molecule has 1 aromatic rings. The van der Waals surface area contributed by atoms with Crippen molar-refractivity contribution in [1.29, 1.82) is 0 Å². The first-order valence-corrected chi connectivity index (χ1v) is 9.90. The van der Waals surface area contributed by atoms with Crippen molar-refractivity contribution in [2.24, 2.45) is 4.99 Å². The fourth-order valence-corrected chi connectivity index (χ4v) is 3.36. The Hall–Kier alpha value is -2.08. The number of likely N-dealkylation sites (tertiary alicyclic amines) is 1. The quantitative estimate of drug-likeness (QED) is 0.528. The lowest BCUT2D eigenvalue weighted by molar-refractivity contribution is -0.121. The molecule has 0 bridgehead atoms. The molecule has 0 aliphatic carbocycles. The van der Waals surface area contributed by atoms with E-state index in [9.17, 15) is 4.79 Å². The summed E-state index contributed by atoms with van der Waals surface area (Å²) < 4.78 is 0. The fraction of sp³-hybridized carbons (Fsp3) is 0.619. The average Bonchev–Trinajstić information content (AvgIpc) is 2.91. The van der Waals surface area contributed by atoms with Gasteiger partial charge in [0.2, 0.25) is 5.91 Å². The van der Waals surface area contributed by atoms with Gasteiger partial charge in [0.25, 0.3) is 0 Å². The van der Waals surface area contributed by atoms with Crippen LogP contribution in [0.15, 0.2) is 35.3 Å². The molecule has 0 spiro atoms. The van der Waals surface area contributed by atoms with Crippen LogP contribution in [-0.2, 0) is 11.3 Å². The molecule has 1 fully saturated rings. The second kappa shape index (κ2) is 9.74. The zero-order valence-electron chi connectivity index (χ0n) is 17.4. The summed E-state index contributed by atoms with van der Waals surface area (Å²) in [6.07, 6.45) is 1.06. The van der Waals surface area contributed by atoms with Crippen molar-refractivity contribution in [1.82, 2.24) is 20.9 Å². The first-order valence-electron chi connectivity index (χ1n) is 9.90. The summed E-state index contributed by atoms with van der Waals surface area (Å²) in [7, 11) is 0. The van der Waals surface area contributed by atoms with Gasteiger partial charge in [0.15, 0.2) is 5.96 Å². The predicted octanol–water partition coefficient (Wildman–Crippen LogP) is 2.12. The lowest BCUT2D eigenvalue weighted by atomic mass is 10.1. The Kier molecular flexibility index (Phi) is 7.66. The summed E-state index contributed by atoms with van der Waals surface area (Å²) >= 11 is 0. The van der Waals surface area contributed by atoms with Crippen LogP contribution in [0.25, 0.3) is 0 Å². The molecule has 2 rings (SSSR count). The summed E-state index contributed by atoms with van der Waals surface area (Å²) in [5, 5.41) is 9.69. The molecule has 1 amide bonds. The fourth-order valence-electron chi connectivity index (χ4n) is 3.36. The van der Waals surface area contributed by atoms with Gasteiger partial charge in [-0.3, -0.25) is 9.69 Å². The lowest BCUT2D eigenvalue weighted by Crippen LogP contribution is -2.46. The van der Waals surface area contributed by atoms with Gasteiger partial charge < -0.3 is 16.0 Å². The van der Waals surface area contributed by atoms with Crippen LogP contribution in [0.5, 0.6) is 0 Å². The van der Waals surface area contributed by atoms with Crippen LogP contribution in [-0.4, -0.2) is 54.0 Å². The molecule has 1 aromatic carbocycles. The van der Waals surface area contributed by atoms with Crippen molar-refractivity contribution < 1.29 is 4.79 Å². The molecule has 1 saturated heterocycles. The van der Waals surface area contributed by atoms with Crippen molar-refractivity contribution in [2.45, 2.75) is 65.2 Å². The Morgan fingerprint density at radius 2 is 1.96 bits per heavy atom. The molecule has 1 heterocycles. The van der Waals surface area contributed by atoms with E-state index in [1.54, 1.807) is 0 Å². The van der Waals surface area contributed by atoms with Crippen molar-refractivity contribution >= 4 is 11.9 Å². The van der Waals surface area contributed by atoms with Crippen LogP contribution in [0.3, 0.4) is 0 Å². The molecule has 150 valence electrons. The molecule has 0 radical (unpaired) electrons. The molecule has 27 heavy (non-hydrogen) atoms. The number of aliphatic imine (C=N–C) groups is 1. The zero-order valence-corrected chi connectivity index (χ0v) is 17.4. The molecule has 6 nitrogen and oxygen atoms in total. The van der Waals surface area contributed by atoms with E-state index in [0.717, 1.165) is 26.1 Å². The Balaban J connectivity index is 1.90. The molecule has 2 unspecified atom stereocenters. The van der Waals surface area contributed by atoms with Crippen LogP contribution >= 0.6 is 0 Å². The smallest absolute Gasteiger partial charge is 0.242 e. The largest absolute Gasteiger partial charge is 0.357 e. The van der Waals surface area contributed by atoms with Crippen molar-refractivity contribution in [3.63, 3.8) is 0 Å². The molecule has 0 saturated carbocycles. The summed E-state index contributed by atoms with van der Waals surface area (Å²) in [4.78, 5) is 19.0. The minimum atomic E-state index is -0.239. The highest BCUT2D eigenvalue weighted by molar-refractivity contribution is 5.85. The number of amides is 1. The van der Waals surface area contributed by atoms with Gasteiger partial charge >= 0.3 is 0 Å². The normalized spacial score (nSPS) is 21.1. The number of nitrogens with zero attached hydrogens (tertiary/aromatic N) is 2. The van der Waals surface area contributed by atoms with Crippen molar-refractivity contribution in [3.05, 3.63) is 35.9 Å². The van der Waals surface area contributed by atoms with Gasteiger partial charge in [-0.15, -0.1) is 0 Å². The maximum Gasteiger partial charge on any atom is 0.242 e. The summed E-state index contributed by atoms with van der Waals surface area (Å²) in [5.74, 6) is 0.644.